The molecule has 4 heterocycles. The van der Waals surface area contributed by atoms with Gasteiger partial charge in [-0.1, -0.05) is 0 Å². The highest BCUT2D eigenvalue weighted by Gasteiger charge is 2.21. The van der Waals surface area contributed by atoms with Crippen molar-refractivity contribution in [3.63, 3.8) is 0 Å². The zero-order valence-electron chi connectivity index (χ0n) is 13.7. The van der Waals surface area contributed by atoms with E-state index in [1.807, 2.05) is 31.2 Å². The lowest BCUT2D eigenvalue weighted by atomic mass is 9.98. The largest absolute Gasteiger partial charge is 0.493 e. The lowest BCUT2D eigenvalue weighted by molar-refractivity contribution is 0.222. The van der Waals surface area contributed by atoms with Gasteiger partial charge in [0.05, 0.1) is 6.61 Å². The van der Waals surface area contributed by atoms with Crippen LogP contribution in [-0.4, -0.2) is 44.5 Å². The number of pyridine rings is 1. The van der Waals surface area contributed by atoms with Crippen LogP contribution in [0, 0.1) is 12.8 Å². The molecule has 0 saturated carbocycles. The van der Waals surface area contributed by atoms with Gasteiger partial charge in [-0.25, -0.2) is 0 Å². The molecule has 4 rings (SSSR count). The van der Waals surface area contributed by atoms with Crippen molar-refractivity contribution in [1.29, 1.82) is 0 Å². The predicted molar refractivity (Wildman–Crippen MR) is 90.2 cm³/mol. The fourth-order valence-electron chi connectivity index (χ4n) is 3.03. The maximum Gasteiger partial charge on any atom is 0.178 e. The SMILES string of the molecule is Cc1nnc2ccc(N3CCC(COc4ccncc4)CC3)nn12. The highest BCUT2D eigenvalue weighted by atomic mass is 16.5. The van der Waals surface area contributed by atoms with Crippen molar-refractivity contribution in [2.75, 3.05) is 24.6 Å². The summed E-state index contributed by atoms with van der Waals surface area (Å²) in [5.74, 6) is 3.27. The third kappa shape index (κ3) is 3.02. The smallest absolute Gasteiger partial charge is 0.178 e. The number of fused-ring (bicyclic) bond motifs is 1. The van der Waals surface area contributed by atoms with Crippen LogP contribution >= 0.6 is 0 Å². The molecule has 0 radical (unpaired) electrons. The van der Waals surface area contributed by atoms with E-state index in [9.17, 15) is 0 Å². The van der Waals surface area contributed by atoms with Gasteiger partial charge in [0.25, 0.3) is 0 Å². The van der Waals surface area contributed by atoms with E-state index in [0.29, 0.717) is 5.92 Å². The second kappa shape index (κ2) is 6.43. The maximum atomic E-state index is 5.85. The van der Waals surface area contributed by atoms with Gasteiger partial charge in [-0.05, 0) is 49.9 Å². The van der Waals surface area contributed by atoms with E-state index in [1.165, 1.54) is 0 Å². The minimum atomic E-state index is 0.579. The molecule has 1 saturated heterocycles. The van der Waals surface area contributed by atoms with Crippen molar-refractivity contribution in [3.8, 4) is 5.75 Å². The Kier molecular flexibility index (Phi) is 3.98. The van der Waals surface area contributed by atoms with Crippen LogP contribution in [0.4, 0.5) is 5.82 Å². The first kappa shape index (κ1) is 14.9. The molecule has 1 fully saturated rings. The summed E-state index contributed by atoms with van der Waals surface area (Å²) in [5, 5.41) is 12.8. The molecule has 0 bridgehead atoms. The van der Waals surface area contributed by atoms with Crippen molar-refractivity contribution in [1.82, 2.24) is 24.8 Å². The molecule has 7 heteroatoms. The molecule has 0 aliphatic carbocycles. The van der Waals surface area contributed by atoms with Gasteiger partial charge in [0.1, 0.15) is 11.6 Å². The summed E-state index contributed by atoms with van der Waals surface area (Å²) in [6.07, 6.45) is 5.72. The number of nitrogens with zero attached hydrogens (tertiary/aromatic N) is 6. The van der Waals surface area contributed by atoms with Gasteiger partial charge in [0.15, 0.2) is 11.5 Å². The van der Waals surface area contributed by atoms with Gasteiger partial charge in [0.2, 0.25) is 0 Å². The average molecular weight is 324 g/mol. The summed E-state index contributed by atoms with van der Waals surface area (Å²) in [5.41, 5.74) is 0.789. The van der Waals surface area contributed by atoms with Gasteiger partial charge in [-0.15, -0.1) is 15.3 Å². The maximum absolute atomic E-state index is 5.85. The Balaban J connectivity index is 1.35. The van der Waals surface area contributed by atoms with E-state index in [-0.39, 0.29) is 0 Å². The number of hydrogen-bond donors (Lipinski definition) is 0. The Labute approximate surface area is 140 Å². The zero-order chi connectivity index (χ0) is 16.4. The van der Waals surface area contributed by atoms with Crippen molar-refractivity contribution in [2.24, 2.45) is 5.92 Å². The Morgan fingerprint density at radius 3 is 2.67 bits per heavy atom. The highest BCUT2D eigenvalue weighted by Crippen LogP contribution is 2.23. The van der Waals surface area contributed by atoms with E-state index in [4.69, 9.17) is 4.74 Å². The molecule has 3 aromatic rings. The number of rotatable bonds is 4. The van der Waals surface area contributed by atoms with E-state index in [1.54, 1.807) is 16.9 Å². The second-order valence-corrected chi connectivity index (χ2v) is 6.13. The molecule has 0 spiro atoms. The molecule has 3 aromatic heterocycles. The number of hydrogen-bond acceptors (Lipinski definition) is 6. The minimum absolute atomic E-state index is 0.579. The van der Waals surface area contributed by atoms with E-state index in [0.717, 1.165) is 55.6 Å². The second-order valence-electron chi connectivity index (χ2n) is 6.13. The number of aryl methyl sites for hydroxylation is 1. The molecule has 7 nitrogen and oxygen atoms in total. The standard InChI is InChI=1S/C17H20N6O/c1-13-19-20-16-2-3-17(21-23(13)16)22-10-6-14(7-11-22)12-24-15-4-8-18-9-5-15/h2-5,8-9,14H,6-7,10-12H2,1H3. The van der Waals surface area contributed by atoms with Crippen LogP contribution in [-0.2, 0) is 0 Å². The molecular weight excluding hydrogens is 304 g/mol. The molecule has 0 N–H and O–H groups in total. The molecule has 24 heavy (non-hydrogen) atoms. The monoisotopic (exact) mass is 324 g/mol. The highest BCUT2D eigenvalue weighted by molar-refractivity contribution is 5.45. The first-order valence-corrected chi connectivity index (χ1v) is 8.26. The summed E-state index contributed by atoms with van der Waals surface area (Å²) in [6, 6.07) is 7.80. The Morgan fingerprint density at radius 2 is 1.88 bits per heavy atom. The molecule has 1 aliphatic heterocycles. The summed E-state index contributed by atoms with van der Waals surface area (Å²) in [6.45, 7) is 4.66. The fourth-order valence-corrected chi connectivity index (χ4v) is 3.03. The number of ether oxygens (including phenoxy) is 1. The third-order valence-corrected chi connectivity index (χ3v) is 4.48. The van der Waals surface area contributed by atoms with Crippen LogP contribution < -0.4 is 9.64 Å². The molecule has 1 aliphatic rings. The average Bonchev–Trinajstić information content (AvgIpc) is 3.02. The van der Waals surface area contributed by atoms with Gasteiger partial charge in [-0.2, -0.15) is 4.52 Å². The van der Waals surface area contributed by atoms with Crippen molar-refractivity contribution >= 4 is 11.5 Å². The van der Waals surface area contributed by atoms with Crippen LogP contribution in [0.5, 0.6) is 5.75 Å². The Hall–Kier alpha value is -2.70. The lowest BCUT2D eigenvalue weighted by Crippen LogP contribution is -2.36. The molecule has 0 atom stereocenters. The minimum Gasteiger partial charge on any atom is -0.493 e. The third-order valence-electron chi connectivity index (χ3n) is 4.48. The lowest BCUT2D eigenvalue weighted by Gasteiger charge is -2.32. The summed E-state index contributed by atoms with van der Waals surface area (Å²) in [7, 11) is 0. The molecule has 124 valence electrons. The van der Waals surface area contributed by atoms with Gasteiger partial charge in [0, 0.05) is 25.5 Å². The Morgan fingerprint density at radius 1 is 1.08 bits per heavy atom. The van der Waals surface area contributed by atoms with Gasteiger partial charge < -0.3 is 9.64 Å². The fraction of sp³-hybridized carbons (Fsp3) is 0.412. The normalized spacial score (nSPS) is 15.8. The molecule has 0 aromatic carbocycles. The Bertz CT molecular complexity index is 810. The zero-order valence-corrected chi connectivity index (χ0v) is 13.7. The summed E-state index contributed by atoms with van der Waals surface area (Å²) < 4.78 is 7.65. The van der Waals surface area contributed by atoms with Crippen LogP contribution in [0.1, 0.15) is 18.7 Å². The number of piperidine rings is 1. The van der Waals surface area contributed by atoms with Gasteiger partial charge >= 0.3 is 0 Å². The van der Waals surface area contributed by atoms with Crippen molar-refractivity contribution in [3.05, 3.63) is 42.5 Å². The van der Waals surface area contributed by atoms with E-state index in [2.05, 4.69) is 25.2 Å². The first-order valence-electron chi connectivity index (χ1n) is 8.26. The summed E-state index contributed by atoms with van der Waals surface area (Å²) >= 11 is 0. The molecule has 0 amide bonds. The van der Waals surface area contributed by atoms with Crippen LogP contribution in [0.2, 0.25) is 0 Å². The number of aromatic nitrogens is 5. The topological polar surface area (TPSA) is 68.4 Å². The molecule has 0 unspecified atom stereocenters. The predicted octanol–water partition coefficient (Wildman–Crippen LogP) is 2.12. The van der Waals surface area contributed by atoms with Crippen LogP contribution in [0.25, 0.3) is 5.65 Å². The van der Waals surface area contributed by atoms with Gasteiger partial charge in [-0.3, -0.25) is 4.98 Å². The van der Waals surface area contributed by atoms with E-state index >= 15 is 0 Å². The van der Waals surface area contributed by atoms with E-state index < -0.39 is 0 Å². The van der Waals surface area contributed by atoms with Crippen molar-refractivity contribution in [2.45, 2.75) is 19.8 Å². The summed E-state index contributed by atoms with van der Waals surface area (Å²) in [4.78, 5) is 6.32. The van der Waals surface area contributed by atoms with Crippen molar-refractivity contribution < 1.29 is 4.74 Å². The molecular formula is C17H20N6O. The number of anilines is 1. The van der Waals surface area contributed by atoms with Crippen LogP contribution in [0.15, 0.2) is 36.7 Å². The first-order chi connectivity index (χ1) is 11.8. The van der Waals surface area contributed by atoms with Crippen LogP contribution in [0.3, 0.4) is 0 Å². The quantitative estimate of drug-likeness (QED) is 0.732.